The molecule has 0 saturated heterocycles. The Kier molecular flexibility index (Phi) is 10.4. The average Bonchev–Trinajstić information content (AvgIpc) is 3.20. The summed E-state index contributed by atoms with van der Waals surface area (Å²) < 4.78 is 1.96. The molecule has 1 amide bonds. The Labute approximate surface area is 222 Å². The van der Waals surface area contributed by atoms with Crippen LogP contribution in [-0.4, -0.2) is 68.9 Å². The van der Waals surface area contributed by atoms with E-state index in [4.69, 9.17) is 15.3 Å². The molecule has 0 fully saturated rings. The van der Waals surface area contributed by atoms with E-state index in [0.29, 0.717) is 24.4 Å². The van der Waals surface area contributed by atoms with Gasteiger partial charge in [0.15, 0.2) is 5.69 Å². The van der Waals surface area contributed by atoms with E-state index in [2.05, 4.69) is 48.3 Å². The van der Waals surface area contributed by atoms with Gasteiger partial charge in [0.2, 0.25) is 0 Å². The van der Waals surface area contributed by atoms with E-state index in [1.54, 1.807) is 0 Å². The van der Waals surface area contributed by atoms with Gasteiger partial charge in [-0.3, -0.25) is 4.79 Å². The van der Waals surface area contributed by atoms with Crippen molar-refractivity contribution < 1.29 is 24.6 Å². The average molecular weight is 519 g/mol. The van der Waals surface area contributed by atoms with Crippen LogP contribution < -0.4 is 5.32 Å². The van der Waals surface area contributed by atoms with E-state index in [1.807, 2.05) is 35.0 Å². The van der Waals surface area contributed by atoms with Gasteiger partial charge in [-0.25, -0.2) is 14.3 Å². The molecule has 9 heteroatoms. The lowest BCUT2D eigenvalue weighted by molar-refractivity contribution is -0.134. The predicted octanol–water partition coefficient (Wildman–Crippen LogP) is 3.81. The maximum absolute atomic E-state index is 13.1. The second-order valence-corrected chi connectivity index (χ2v) is 8.73. The van der Waals surface area contributed by atoms with Gasteiger partial charge in [-0.05, 0) is 50.0 Å². The highest BCUT2D eigenvalue weighted by molar-refractivity contribution is 5.96. The van der Waals surface area contributed by atoms with Crippen molar-refractivity contribution in [2.75, 3.05) is 26.2 Å². The molecule has 1 aliphatic rings. The van der Waals surface area contributed by atoms with Crippen LogP contribution >= 0.6 is 0 Å². The van der Waals surface area contributed by atoms with Crippen LogP contribution in [0.15, 0.2) is 66.7 Å². The molecule has 3 aromatic rings. The molecule has 3 N–H and O–H groups in total. The van der Waals surface area contributed by atoms with Crippen molar-refractivity contribution in [3.05, 3.63) is 83.6 Å². The van der Waals surface area contributed by atoms with Gasteiger partial charge in [-0.1, -0.05) is 56.3 Å². The standard InChI is InChI=1S/C25H30N4O.C4H4O4/c1-3-28(4-2)18-17-26-25(30)23-22-16-10-12-19-11-8-9-15-21(19)24(22)29(27-23)20-13-6-5-7-14-20;5-3(6)1-2-4(7)8/h5-9,11,13-15H,3-4,10,12,16-18H2,1-2H3,(H,26,30);1-2H,(H,5,6)(H,7,8)/b;2-1-. The SMILES string of the molecule is CCN(CC)CCNC(=O)c1nn(-c2ccccc2)c2c1CCCc1ccccc1-2.O=C(O)/C=C\C(=O)O. The van der Waals surface area contributed by atoms with Crippen LogP contribution in [0.25, 0.3) is 16.9 Å². The molecule has 0 unspecified atom stereocenters. The van der Waals surface area contributed by atoms with Crippen molar-refractivity contribution in [3.8, 4) is 16.9 Å². The summed E-state index contributed by atoms with van der Waals surface area (Å²) in [5, 5.41) is 23.6. The fraction of sp³-hybridized carbons (Fsp3) is 0.310. The monoisotopic (exact) mass is 518 g/mol. The number of hydrogen-bond acceptors (Lipinski definition) is 5. The highest BCUT2D eigenvalue weighted by Crippen LogP contribution is 2.35. The second kappa shape index (κ2) is 13.9. The zero-order valence-electron chi connectivity index (χ0n) is 21.8. The lowest BCUT2D eigenvalue weighted by Crippen LogP contribution is -2.35. The number of carboxylic acids is 2. The number of likely N-dealkylation sites (N-methyl/N-ethyl adjacent to an activating group) is 1. The van der Waals surface area contributed by atoms with Crippen molar-refractivity contribution in [2.45, 2.75) is 33.1 Å². The van der Waals surface area contributed by atoms with E-state index in [1.165, 1.54) is 11.1 Å². The maximum Gasteiger partial charge on any atom is 0.328 e. The number of carbonyl (C=O) groups excluding carboxylic acids is 1. The van der Waals surface area contributed by atoms with E-state index in [-0.39, 0.29) is 5.91 Å². The smallest absolute Gasteiger partial charge is 0.328 e. The molecule has 9 nitrogen and oxygen atoms in total. The topological polar surface area (TPSA) is 125 Å². The number of nitrogens with zero attached hydrogens (tertiary/aromatic N) is 3. The Balaban J connectivity index is 0.000000436. The summed E-state index contributed by atoms with van der Waals surface area (Å²) in [6.45, 7) is 7.74. The van der Waals surface area contributed by atoms with Gasteiger partial charge < -0.3 is 20.4 Å². The van der Waals surface area contributed by atoms with Gasteiger partial charge in [0.25, 0.3) is 5.91 Å². The zero-order valence-corrected chi connectivity index (χ0v) is 21.8. The van der Waals surface area contributed by atoms with Gasteiger partial charge in [0.1, 0.15) is 0 Å². The lowest BCUT2D eigenvalue weighted by Gasteiger charge is -2.17. The first-order valence-corrected chi connectivity index (χ1v) is 12.8. The summed E-state index contributed by atoms with van der Waals surface area (Å²) in [6, 6.07) is 18.6. The minimum absolute atomic E-state index is 0.0764. The molecule has 0 atom stereocenters. The molecular formula is C29H34N4O5. The summed E-state index contributed by atoms with van der Waals surface area (Å²) >= 11 is 0. The van der Waals surface area contributed by atoms with Crippen LogP contribution in [0.5, 0.6) is 0 Å². The van der Waals surface area contributed by atoms with Crippen LogP contribution in [-0.2, 0) is 22.4 Å². The number of aliphatic carboxylic acids is 2. The first-order chi connectivity index (χ1) is 18.3. The van der Waals surface area contributed by atoms with Crippen LogP contribution in [0.1, 0.15) is 41.9 Å². The Hall–Kier alpha value is -4.24. The number of rotatable bonds is 9. The minimum atomic E-state index is -1.26. The zero-order chi connectivity index (χ0) is 27.5. The van der Waals surface area contributed by atoms with Gasteiger partial charge in [0, 0.05) is 36.4 Å². The van der Waals surface area contributed by atoms with E-state index in [0.717, 1.165) is 55.8 Å². The lowest BCUT2D eigenvalue weighted by atomic mass is 10.0. The molecule has 4 rings (SSSR count). The predicted molar refractivity (Wildman–Crippen MR) is 146 cm³/mol. The Bertz CT molecular complexity index is 1260. The second-order valence-electron chi connectivity index (χ2n) is 8.73. The molecule has 200 valence electrons. The first-order valence-electron chi connectivity index (χ1n) is 12.8. The Morgan fingerprint density at radius 3 is 2.21 bits per heavy atom. The normalized spacial score (nSPS) is 12.2. The fourth-order valence-corrected chi connectivity index (χ4v) is 4.42. The largest absolute Gasteiger partial charge is 0.478 e. The van der Waals surface area contributed by atoms with Crippen LogP contribution in [0.3, 0.4) is 0 Å². The van der Waals surface area contributed by atoms with Crippen molar-refractivity contribution in [2.24, 2.45) is 0 Å². The van der Waals surface area contributed by atoms with Gasteiger partial charge in [-0.15, -0.1) is 0 Å². The Morgan fingerprint density at radius 1 is 0.947 bits per heavy atom. The summed E-state index contributed by atoms with van der Waals surface area (Å²) in [5.41, 5.74) is 6.16. The van der Waals surface area contributed by atoms with Gasteiger partial charge >= 0.3 is 11.9 Å². The number of aromatic nitrogens is 2. The van der Waals surface area contributed by atoms with Crippen LogP contribution in [0, 0.1) is 0 Å². The van der Waals surface area contributed by atoms with Crippen LogP contribution in [0.4, 0.5) is 0 Å². The van der Waals surface area contributed by atoms with E-state index < -0.39 is 11.9 Å². The number of hydrogen-bond donors (Lipinski definition) is 3. The van der Waals surface area contributed by atoms with Crippen molar-refractivity contribution >= 4 is 17.8 Å². The molecule has 1 aliphatic carbocycles. The maximum atomic E-state index is 13.1. The van der Waals surface area contributed by atoms with Crippen molar-refractivity contribution in [1.29, 1.82) is 0 Å². The van der Waals surface area contributed by atoms with Crippen molar-refractivity contribution in [3.63, 3.8) is 0 Å². The fourth-order valence-electron chi connectivity index (χ4n) is 4.42. The number of para-hydroxylation sites is 1. The number of benzene rings is 2. The number of aryl methyl sites for hydroxylation is 1. The molecule has 38 heavy (non-hydrogen) atoms. The number of carbonyl (C=O) groups is 3. The molecule has 0 radical (unpaired) electrons. The molecule has 0 saturated carbocycles. The highest BCUT2D eigenvalue weighted by atomic mass is 16.4. The van der Waals surface area contributed by atoms with Crippen LogP contribution in [0.2, 0.25) is 0 Å². The summed E-state index contributed by atoms with van der Waals surface area (Å²) in [4.78, 5) is 34.6. The number of nitrogens with one attached hydrogen (secondary N) is 1. The molecule has 2 aromatic carbocycles. The van der Waals surface area contributed by atoms with Gasteiger partial charge in [0.05, 0.1) is 11.4 Å². The summed E-state index contributed by atoms with van der Waals surface area (Å²) in [6.07, 6.45) is 4.01. The summed E-state index contributed by atoms with van der Waals surface area (Å²) in [7, 11) is 0. The first kappa shape index (κ1) is 28.3. The number of amides is 1. The number of fused-ring (bicyclic) bond motifs is 3. The molecule has 0 bridgehead atoms. The summed E-state index contributed by atoms with van der Waals surface area (Å²) in [5.74, 6) is -2.59. The third-order valence-corrected chi connectivity index (χ3v) is 6.32. The van der Waals surface area contributed by atoms with E-state index in [9.17, 15) is 14.4 Å². The quantitative estimate of drug-likeness (QED) is 0.368. The minimum Gasteiger partial charge on any atom is -0.478 e. The molecule has 1 aromatic heterocycles. The number of carboxylic acid groups (broad SMARTS) is 2. The molecular weight excluding hydrogens is 484 g/mol. The molecule has 1 heterocycles. The highest BCUT2D eigenvalue weighted by Gasteiger charge is 2.27. The van der Waals surface area contributed by atoms with Gasteiger partial charge in [-0.2, -0.15) is 5.10 Å². The molecule has 0 aliphatic heterocycles. The third kappa shape index (κ3) is 7.39. The van der Waals surface area contributed by atoms with E-state index >= 15 is 0 Å². The van der Waals surface area contributed by atoms with Crippen molar-refractivity contribution in [1.82, 2.24) is 20.0 Å². The third-order valence-electron chi connectivity index (χ3n) is 6.32. The molecule has 0 spiro atoms. The Morgan fingerprint density at radius 2 is 1.58 bits per heavy atom.